The van der Waals surface area contributed by atoms with Gasteiger partial charge in [-0.3, -0.25) is 18.2 Å². The van der Waals surface area contributed by atoms with E-state index in [1.807, 2.05) is 43.3 Å². The van der Waals surface area contributed by atoms with Crippen LogP contribution in [-0.2, 0) is 25.6 Å². The van der Waals surface area contributed by atoms with E-state index in [4.69, 9.17) is 0 Å². The van der Waals surface area contributed by atoms with Crippen molar-refractivity contribution in [2.24, 2.45) is 0 Å². The predicted molar refractivity (Wildman–Crippen MR) is 170 cm³/mol. The second-order valence-electron chi connectivity index (χ2n) is 11.3. The SMILES string of the molecule is CCCc1cc(C(=O)N[C@@H](Cc2ccccc2)[C@H](O)CNCc2cccc(C(F)(F)F)c2)cc(N2CCCCCS2(O)O)c1. The summed E-state index contributed by atoms with van der Waals surface area (Å²) < 4.78 is 62.8. The van der Waals surface area contributed by atoms with Gasteiger partial charge in [0.15, 0.2) is 0 Å². The average molecular weight is 634 g/mol. The summed E-state index contributed by atoms with van der Waals surface area (Å²) in [5.41, 5.74) is 2.43. The van der Waals surface area contributed by atoms with Crippen LogP contribution < -0.4 is 14.9 Å². The number of nitrogens with zero attached hydrogens (tertiary/aromatic N) is 1. The number of amides is 1. The number of halogens is 3. The molecule has 0 unspecified atom stereocenters. The molecule has 5 N–H and O–H groups in total. The summed E-state index contributed by atoms with van der Waals surface area (Å²) in [5, 5.41) is 17.2. The molecule has 1 aliphatic rings. The van der Waals surface area contributed by atoms with Crippen molar-refractivity contribution in [2.45, 2.75) is 70.3 Å². The fraction of sp³-hybridized carbons (Fsp3) is 0.424. The first kappa shape index (κ1) is 33.8. The number of hydrogen-bond donors (Lipinski definition) is 5. The maximum atomic E-state index is 13.7. The number of hydrogen-bond acceptors (Lipinski definition) is 6. The molecular formula is C33H42F3N3O4S. The zero-order valence-corrected chi connectivity index (χ0v) is 25.7. The number of aryl methyl sites for hydroxylation is 1. The van der Waals surface area contributed by atoms with Crippen LogP contribution in [0.3, 0.4) is 0 Å². The Labute approximate surface area is 259 Å². The largest absolute Gasteiger partial charge is 0.416 e. The van der Waals surface area contributed by atoms with Crippen LogP contribution >= 0.6 is 10.8 Å². The highest BCUT2D eigenvalue weighted by Crippen LogP contribution is 2.49. The molecular weight excluding hydrogens is 591 g/mol. The molecule has 0 spiro atoms. The fourth-order valence-electron chi connectivity index (χ4n) is 5.43. The number of rotatable bonds is 12. The molecule has 1 amide bonds. The molecule has 4 rings (SSSR count). The topological polar surface area (TPSA) is 105 Å². The molecule has 7 nitrogen and oxygen atoms in total. The summed E-state index contributed by atoms with van der Waals surface area (Å²) in [4.78, 5) is 13.7. The quantitative estimate of drug-likeness (QED) is 0.150. The minimum atomic E-state index is -4.45. The van der Waals surface area contributed by atoms with Gasteiger partial charge in [0.1, 0.15) is 0 Å². The Morgan fingerprint density at radius 2 is 1.70 bits per heavy atom. The highest BCUT2D eigenvalue weighted by molar-refractivity contribution is 8.25. The van der Waals surface area contributed by atoms with Crippen LogP contribution in [-0.4, -0.2) is 51.1 Å². The van der Waals surface area contributed by atoms with Crippen molar-refractivity contribution in [3.05, 3.63) is 101 Å². The van der Waals surface area contributed by atoms with E-state index in [9.17, 15) is 32.2 Å². The molecule has 3 aromatic rings. The Morgan fingerprint density at radius 3 is 2.43 bits per heavy atom. The molecule has 0 bridgehead atoms. The maximum absolute atomic E-state index is 13.7. The Morgan fingerprint density at radius 1 is 0.955 bits per heavy atom. The normalized spacial score (nSPS) is 17.4. The van der Waals surface area contributed by atoms with Crippen LogP contribution in [0.25, 0.3) is 0 Å². The molecule has 11 heteroatoms. The first-order valence-electron chi connectivity index (χ1n) is 15.0. The number of aliphatic hydroxyl groups excluding tert-OH is 1. The third kappa shape index (κ3) is 9.45. The van der Waals surface area contributed by atoms with E-state index in [2.05, 4.69) is 10.6 Å². The molecule has 0 aliphatic carbocycles. The van der Waals surface area contributed by atoms with E-state index >= 15 is 0 Å². The minimum absolute atomic E-state index is 0.0316. The summed E-state index contributed by atoms with van der Waals surface area (Å²) in [6, 6.07) is 19.1. The van der Waals surface area contributed by atoms with Crippen molar-refractivity contribution in [3.63, 3.8) is 0 Å². The lowest BCUT2D eigenvalue weighted by Crippen LogP contribution is -2.48. The predicted octanol–water partition coefficient (Wildman–Crippen LogP) is 6.81. The van der Waals surface area contributed by atoms with Gasteiger partial charge in [-0.25, -0.2) is 0 Å². The third-order valence-electron chi connectivity index (χ3n) is 7.72. The van der Waals surface area contributed by atoms with Crippen LogP contribution in [0.15, 0.2) is 72.8 Å². The second kappa shape index (κ2) is 15.3. The molecule has 0 aromatic heterocycles. The minimum Gasteiger partial charge on any atom is -0.390 e. The smallest absolute Gasteiger partial charge is 0.390 e. The molecule has 3 aromatic carbocycles. The number of benzene rings is 3. The first-order chi connectivity index (χ1) is 21.0. The van der Waals surface area contributed by atoms with E-state index in [0.29, 0.717) is 36.2 Å². The van der Waals surface area contributed by atoms with Gasteiger partial charge < -0.3 is 15.7 Å². The van der Waals surface area contributed by atoms with E-state index in [1.54, 1.807) is 22.5 Å². The highest BCUT2D eigenvalue weighted by atomic mass is 32.3. The number of anilines is 1. The van der Waals surface area contributed by atoms with Crippen molar-refractivity contribution in [2.75, 3.05) is 23.1 Å². The summed E-state index contributed by atoms with van der Waals surface area (Å²) in [5.74, 6) is -0.126. The van der Waals surface area contributed by atoms with Gasteiger partial charge in [-0.2, -0.15) is 13.2 Å². The van der Waals surface area contributed by atoms with E-state index in [1.165, 1.54) is 6.07 Å². The number of nitrogens with one attached hydrogen (secondary N) is 2. The van der Waals surface area contributed by atoms with Crippen LogP contribution in [0.5, 0.6) is 0 Å². The Bertz CT molecular complexity index is 1370. The second-order valence-corrected chi connectivity index (χ2v) is 13.4. The zero-order valence-electron chi connectivity index (χ0n) is 24.9. The van der Waals surface area contributed by atoms with Gasteiger partial charge in [0.05, 0.1) is 29.1 Å². The van der Waals surface area contributed by atoms with Crippen molar-refractivity contribution < 1.29 is 32.2 Å². The van der Waals surface area contributed by atoms with Crippen molar-refractivity contribution in [1.82, 2.24) is 10.6 Å². The van der Waals surface area contributed by atoms with Gasteiger partial charge in [-0.15, -0.1) is 10.8 Å². The standard InChI is InChI=1S/C33H42F3N3O4S/c1-2-10-25-17-27(21-29(19-25)39-15-7-4-8-16-44(39,42)43)32(41)38-30(20-24-11-5-3-6-12-24)31(40)23-37-22-26-13-9-14-28(18-26)33(34,35)36/h3,5-6,9,11-14,17-19,21,30-31,37,40,42-43H,2,4,7-8,10,15-16,20,22-23H2,1H3,(H,38,41)/t30-,31+/m0/s1. The Hall–Kier alpha value is -3.09. The van der Waals surface area contributed by atoms with Gasteiger partial charge in [-0.1, -0.05) is 61.9 Å². The van der Waals surface area contributed by atoms with Crippen molar-refractivity contribution >= 4 is 22.4 Å². The zero-order chi connectivity index (χ0) is 31.7. The van der Waals surface area contributed by atoms with Crippen LogP contribution in [0.1, 0.15) is 65.2 Å². The molecule has 1 fully saturated rings. The monoisotopic (exact) mass is 633 g/mol. The van der Waals surface area contributed by atoms with Crippen LogP contribution in [0.4, 0.5) is 18.9 Å². The van der Waals surface area contributed by atoms with Crippen LogP contribution in [0.2, 0.25) is 0 Å². The van der Waals surface area contributed by atoms with Gasteiger partial charge in [0, 0.05) is 25.2 Å². The van der Waals surface area contributed by atoms with Gasteiger partial charge in [0.25, 0.3) is 5.91 Å². The molecule has 1 saturated heterocycles. The number of carbonyl (C=O) groups is 1. The lowest BCUT2D eigenvalue weighted by atomic mass is 9.99. The van der Waals surface area contributed by atoms with E-state index < -0.39 is 40.6 Å². The maximum Gasteiger partial charge on any atom is 0.416 e. The number of aliphatic hydroxyl groups is 1. The van der Waals surface area contributed by atoms with Gasteiger partial charge in [-0.05, 0) is 73.1 Å². The third-order valence-corrected chi connectivity index (χ3v) is 9.65. The summed E-state index contributed by atoms with van der Waals surface area (Å²) in [7, 11) is -3.02. The summed E-state index contributed by atoms with van der Waals surface area (Å²) in [6.45, 7) is 2.65. The Kier molecular flexibility index (Phi) is 11.7. The lowest BCUT2D eigenvalue weighted by Gasteiger charge is -2.43. The fourth-order valence-corrected chi connectivity index (χ4v) is 7.11. The molecule has 1 heterocycles. The Balaban J connectivity index is 1.53. The molecule has 0 saturated carbocycles. The lowest BCUT2D eigenvalue weighted by molar-refractivity contribution is -0.137. The summed E-state index contributed by atoms with van der Waals surface area (Å²) >= 11 is 0. The first-order valence-corrected chi connectivity index (χ1v) is 16.7. The molecule has 2 atom stereocenters. The average Bonchev–Trinajstić information content (AvgIpc) is 3.17. The van der Waals surface area contributed by atoms with Crippen molar-refractivity contribution in [1.29, 1.82) is 0 Å². The molecule has 44 heavy (non-hydrogen) atoms. The molecule has 240 valence electrons. The van der Waals surface area contributed by atoms with Crippen LogP contribution in [0, 0.1) is 0 Å². The van der Waals surface area contributed by atoms with E-state index in [-0.39, 0.29) is 18.8 Å². The van der Waals surface area contributed by atoms with Gasteiger partial charge in [0.2, 0.25) is 0 Å². The molecule has 0 radical (unpaired) electrons. The van der Waals surface area contributed by atoms with Crippen molar-refractivity contribution in [3.8, 4) is 0 Å². The number of carbonyl (C=O) groups excluding carboxylic acids is 1. The highest BCUT2D eigenvalue weighted by Gasteiger charge is 2.31. The van der Waals surface area contributed by atoms with Gasteiger partial charge >= 0.3 is 6.18 Å². The van der Waals surface area contributed by atoms with E-state index in [0.717, 1.165) is 48.9 Å². The summed E-state index contributed by atoms with van der Waals surface area (Å²) in [6.07, 6.45) is -1.19. The number of alkyl halides is 3. The molecule has 1 aliphatic heterocycles.